The SMILES string of the molecule is CN=C(NCC(OC)c1ccc(F)cc1)NC1CCc2nc(C)nn2C1. The van der Waals surface area contributed by atoms with Crippen molar-refractivity contribution in [1.29, 1.82) is 0 Å². The molecule has 8 heteroatoms. The van der Waals surface area contributed by atoms with Gasteiger partial charge in [-0.25, -0.2) is 14.1 Å². The summed E-state index contributed by atoms with van der Waals surface area (Å²) in [6, 6.07) is 6.58. The van der Waals surface area contributed by atoms with Crippen molar-refractivity contribution >= 4 is 5.96 Å². The predicted molar refractivity (Wildman–Crippen MR) is 97.5 cm³/mol. The Labute approximate surface area is 152 Å². The summed E-state index contributed by atoms with van der Waals surface area (Å²) < 4.78 is 20.6. The fourth-order valence-corrected chi connectivity index (χ4v) is 3.14. The van der Waals surface area contributed by atoms with E-state index in [0.717, 1.165) is 36.6 Å². The molecule has 26 heavy (non-hydrogen) atoms. The fraction of sp³-hybridized carbons (Fsp3) is 0.500. The minimum atomic E-state index is -0.256. The van der Waals surface area contributed by atoms with Crippen LogP contribution in [0.1, 0.15) is 29.7 Å². The Morgan fingerprint density at radius 1 is 1.42 bits per heavy atom. The molecule has 0 saturated carbocycles. The smallest absolute Gasteiger partial charge is 0.191 e. The van der Waals surface area contributed by atoms with E-state index in [0.29, 0.717) is 12.5 Å². The van der Waals surface area contributed by atoms with Gasteiger partial charge in [-0.2, -0.15) is 5.10 Å². The van der Waals surface area contributed by atoms with Crippen LogP contribution in [0.5, 0.6) is 0 Å². The summed E-state index contributed by atoms with van der Waals surface area (Å²) in [5, 5.41) is 11.1. The Morgan fingerprint density at radius 3 is 2.88 bits per heavy atom. The molecule has 140 valence electrons. The molecule has 0 fully saturated rings. The van der Waals surface area contributed by atoms with Crippen molar-refractivity contribution in [2.24, 2.45) is 4.99 Å². The van der Waals surface area contributed by atoms with Gasteiger partial charge in [-0.3, -0.25) is 4.99 Å². The van der Waals surface area contributed by atoms with Crippen molar-refractivity contribution in [3.63, 3.8) is 0 Å². The van der Waals surface area contributed by atoms with Gasteiger partial charge in [-0.05, 0) is 31.0 Å². The van der Waals surface area contributed by atoms with Gasteiger partial charge in [0, 0.05) is 33.2 Å². The molecule has 1 aromatic carbocycles. The third kappa shape index (κ3) is 4.37. The Bertz CT molecular complexity index is 758. The van der Waals surface area contributed by atoms with Crippen molar-refractivity contribution in [2.75, 3.05) is 20.7 Å². The van der Waals surface area contributed by atoms with Crippen LogP contribution in [0.4, 0.5) is 4.39 Å². The third-order valence-electron chi connectivity index (χ3n) is 4.51. The van der Waals surface area contributed by atoms with Gasteiger partial charge in [-0.15, -0.1) is 0 Å². The lowest BCUT2D eigenvalue weighted by atomic mass is 10.1. The molecule has 0 aliphatic carbocycles. The Morgan fingerprint density at radius 2 is 2.19 bits per heavy atom. The number of benzene rings is 1. The van der Waals surface area contributed by atoms with Crippen LogP contribution < -0.4 is 10.6 Å². The topological polar surface area (TPSA) is 76.4 Å². The second-order valence-electron chi connectivity index (χ2n) is 6.37. The molecule has 3 rings (SSSR count). The number of fused-ring (bicyclic) bond motifs is 1. The third-order valence-corrected chi connectivity index (χ3v) is 4.51. The van der Waals surface area contributed by atoms with E-state index in [9.17, 15) is 4.39 Å². The molecule has 2 atom stereocenters. The van der Waals surface area contributed by atoms with Crippen molar-refractivity contribution in [2.45, 2.75) is 38.5 Å². The first-order valence-corrected chi connectivity index (χ1v) is 8.74. The zero-order chi connectivity index (χ0) is 18.5. The quantitative estimate of drug-likeness (QED) is 0.626. The second kappa shape index (κ2) is 8.27. The van der Waals surface area contributed by atoms with Crippen molar-refractivity contribution < 1.29 is 9.13 Å². The number of nitrogens with zero attached hydrogens (tertiary/aromatic N) is 4. The molecule has 7 nitrogen and oxygen atoms in total. The Hall–Kier alpha value is -2.48. The van der Waals surface area contributed by atoms with E-state index in [1.165, 1.54) is 12.1 Å². The fourth-order valence-electron chi connectivity index (χ4n) is 3.14. The molecule has 1 aliphatic heterocycles. The van der Waals surface area contributed by atoms with Gasteiger partial charge in [0.2, 0.25) is 0 Å². The van der Waals surface area contributed by atoms with Crippen LogP contribution in [0.2, 0.25) is 0 Å². The summed E-state index contributed by atoms with van der Waals surface area (Å²) >= 11 is 0. The highest BCUT2D eigenvalue weighted by Crippen LogP contribution is 2.16. The summed E-state index contributed by atoms with van der Waals surface area (Å²) in [6.45, 7) is 3.21. The molecule has 1 aliphatic rings. The molecular formula is C18H25FN6O. The molecule has 0 spiro atoms. The van der Waals surface area contributed by atoms with Gasteiger partial charge in [0.05, 0.1) is 12.6 Å². The van der Waals surface area contributed by atoms with Gasteiger partial charge >= 0.3 is 0 Å². The maximum atomic E-state index is 13.1. The van der Waals surface area contributed by atoms with E-state index >= 15 is 0 Å². The first kappa shape index (κ1) is 18.3. The molecule has 2 aromatic rings. The summed E-state index contributed by atoms with van der Waals surface area (Å²) in [6.07, 6.45) is 1.68. The highest BCUT2D eigenvalue weighted by Gasteiger charge is 2.22. The molecule has 1 aromatic heterocycles. The number of aryl methyl sites for hydroxylation is 2. The van der Waals surface area contributed by atoms with E-state index in [1.807, 2.05) is 11.6 Å². The zero-order valence-electron chi connectivity index (χ0n) is 15.4. The molecule has 0 bridgehead atoms. The maximum Gasteiger partial charge on any atom is 0.191 e. The lowest BCUT2D eigenvalue weighted by Crippen LogP contribution is -2.48. The van der Waals surface area contributed by atoms with Crippen LogP contribution >= 0.6 is 0 Å². The Balaban J connectivity index is 1.55. The van der Waals surface area contributed by atoms with Crippen LogP contribution in [-0.4, -0.2) is 47.5 Å². The summed E-state index contributed by atoms with van der Waals surface area (Å²) in [4.78, 5) is 8.72. The van der Waals surface area contributed by atoms with Gasteiger partial charge in [0.25, 0.3) is 0 Å². The average molecular weight is 360 g/mol. The monoisotopic (exact) mass is 360 g/mol. The minimum Gasteiger partial charge on any atom is -0.375 e. The van der Waals surface area contributed by atoms with E-state index in [2.05, 4.69) is 25.7 Å². The van der Waals surface area contributed by atoms with Crippen molar-refractivity contribution in [1.82, 2.24) is 25.4 Å². The van der Waals surface area contributed by atoms with Gasteiger partial charge in [-0.1, -0.05) is 12.1 Å². The summed E-state index contributed by atoms with van der Waals surface area (Å²) in [5.41, 5.74) is 0.914. The van der Waals surface area contributed by atoms with Gasteiger partial charge < -0.3 is 15.4 Å². The number of aliphatic imine (C=N–C) groups is 1. The number of hydrogen-bond donors (Lipinski definition) is 2. The molecule has 0 amide bonds. The van der Waals surface area contributed by atoms with Crippen LogP contribution in [0.15, 0.2) is 29.3 Å². The minimum absolute atomic E-state index is 0.190. The lowest BCUT2D eigenvalue weighted by Gasteiger charge is -2.26. The van der Waals surface area contributed by atoms with Crippen LogP contribution in [0.25, 0.3) is 0 Å². The van der Waals surface area contributed by atoms with Crippen LogP contribution in [0.3, 0.4) is 0 Å². The summed E-state index contributed by atoms with van der Waals surface area (Å²) in [7, 11) is 3.38. The van der Waals surface area contributed by atoms with Gasteiger partial charge in [0.15, 0.2) is 5.96 Å². The number of rotatable bonds is 5. The lowest BCUT2D eigenvalue weighted by molar-refractivity contribution is 0.106. The molecule has 2 N–H and O–H groups in total. The highest BCUT2D eigenvalue weighted by atomic mass is 19.1. The maximum absolute atomic E-state index is 13.1. The second-order valence-corrected chi connectivity index (χ2v) is 6.37. The van der Waals surface area contributed by atoms with E-state index in [-0.39, 0.29) is 18.0 Å². The number of nitrogens with one attached hydrogen (secondary N) is 2. The Kier molecular flexibility index (Phi) is 5.82. The normalized spacial score (nSPS) is 18.3. The number of hydrogen-bond acceptors (Lipinski definition) is 4. The number of guanidine groups is 1. The molecule has 0 saturated heterocycles. The first-order chi connectivity index (χ1) is 12.6. The highest BCUT2D eigenvalue weighted by molar-refractivity contribution is 5.80. The van der Waals surface area contributed by atoms with Crippen molar-refractivity contribution in [3.8, 4) is 0 Å². The molecular weight excluding hydrogens is 335 g/mol. The largest absolute Gasteiger partial charge is 0.375 e. The average Bonchev–Trinajstić information content (AvgIpc) is 3.01. The molecule has 2 heterocycles. The van der Waals surface area contributed by atoms with Gasteiger partial charge in [0.1, 0.15) is 17.5 Å². The van der Waals surface area contributed by atoms with E-state index < -0.39 is 0 Å². The van der Waals surface area contributed by atoms with E-state index in [4.69, 9.17) is 4.74 Å². The standard InChI is InChI=1S/C18H25FN6O/c1-12-22-17-9-8-15(11-25(17)24-12)23-18(20-2)21-10-16(26-3)13-4-6-14(19)7-5-13/h4-7,15-16H,8-11H2,1-3H3,(H2,20,21,23). The molecule has 0 radical (unpaired) electrons. The number of halogens is 1. The zero-order valence-corrected chi connectivity index (χ0v) is 15.4. The number of methoxy groups -OCH3 is 1. The summed E-state index contributed by atoms with van der Waals surface area (Å²) in [5.74, 6) is 2.30. The molecule has 2 unspecified atom stereocenters. The number of aromatic nitrogens is 3. The van der Waals surface area contributed by atoms with Crippen molar-refractivity contribution in [3.05, 3.63) is 47.3 Å². The van der Waals surface area contributed by atoms with E-state index in [1.54, 1.807) is 26.3 Å². The van der Waals surface area contributed by atoms with Crippen LogP contribution in [-0.2, 0) is 17.7 Å². The number of ether oxygens (including phenoxy) is 1. The first-order valence-electron chi connectivity index (χ1n) is 8.74. The van der Waals surface area contributed by atoms with Crippen LogP contribution in [0, 0.1) is 12.7 Å². The predicted octanol–water partition coefficient (Wildman–Crippen LogP) is 1.59.